The maximum atomic E-state index is 5.95. The second kappa shape index (κ2) is 5.84. The standard InChI is InChI=1S/C14H20N4O/c1-10(2)13(14-16-9-18(3)17-14)19-8-11-5-4-6-12(15)7-11/h4-7,9-10,13H,8,15H2,1-3H3. The Kier molecular flexibility index (Phi) is 4.16. The molecule has 102 valence electrons. The highest BCUT2D eigenvalue weighted by molar-refractivity contribution is 5.40. The highest BCUT2D eigenvalue weighted by Crippen LogP contribution is 2.24. The number of hydrogen-bond donors (Lipinski definition) is 1. The molecule has 2 aromatic rings. The number of nitrogen functional groups attached to an aromatic ring is 1. The minimum atomic E-state index is -0.109. The van der Waals surface area contributed by atoms with Crippen molar-refractivity contribution in [1.29, 1.82) is 0 Å². The summed E-state index contributed by atoms with van der Waals surface area (Å²) in [7, 11) is 1.85. The number of rotatable bonds is 5. The number of benzene rings is 1. The first-order valence-electron chi connectivity index (χ1n) is 6.38. The van der Waals surface area contributed by atoms with Crippen LogP contribution in [0.5, 0.6) is 0 Å². The summed E-state index contributed by atoms with van der Waals surface area (Å²) in [6.45, 7) is 4.70. The molecule has 0 radical (unpaired) electrons. The van der Waals surface area contributed by atoms with E-state index in [1.165, 1.54) is 0 Å². The summed E-state index contributed by atoms with van der Waals surface area (Å²) < 4.78 is 7.64. The second-order valence-electron chi connectivity index (χ2n) is 5.00. The fourth-order valence-corrected chi connectivity index (χ4v) is 1.92. The third kappa shape index (κ3) is 3.54. The van der Waals surface area contributed by atoms with E-state index in [1.54, 1.807) is 11.0 Å². The van der Waals surface area contributed by atoms with E-state index in [0.717, 1.165) is 17.1 Å². The monoisotopic (exact) mass is 260 g/mol. The van der Waals surface area contributed by atoms with E-state index in [0.29, 0.717) is 12.5 Å². The summed E-state index contributed by atoms with van der Waals surface area (Å²) in [6.07, 6.45) is 1.58. The molecule has 0 saturated heterocycles. The molecule has 1 aromatic heterocycles. The van der Waals surface area contributed by atoms with Gasteiger partial charge in [0, 0.05) is 12.7 Å². The Morgan fingerprint density at radius 3 is 2.74 bits per heavy atom. The van der Waals surface area contributed by atoms with Gasteiger partial charge in [0.05, 0.1) is 6.61 Å². The van der Waals surface area contributed by atoms with Gasteiger partial charge in [-0.2, -0.15) is 5.10 Å². The van der Waals surface area contributed by atoms with Gasteiger partial charge < -0.3 is 10.5 Å². The predicted octanol–water partition coefficient (Wildman–Crippen LogP) is 2.31. The molecule has 1 aromatic carbocycles. The van der Waals surface area contributed by atoms with Gasteiger partial charge in [-0.3, -0.25) is 4.68 Å². The van der Waals surface area contributed by atoms with Crippen LogP contribution in [-0.2, 0) is 18.4 Å². The van der Waals surface area contributed by atoms with Crippen LogP contribution in [0.25, 0.3) is 0 Å². The highest BCUT2D eigenvalue weighted by atomic mass is 16.5. The van der Waals surface area contributed by atoms with Crippen LogP contribution in [0.1, 0.15) is 31.3 Å². The molecule has 0 spiro atoms. The SMILES string of the molecule is CC(C)C(OCc1cccc(N)c1)c1ncn(C)n1. The van der Waals surface area contributed by atoms with E-state index in [4.69, 9.17) is 10.5 Å². The van der Waals surface area contributed by atoms with Gasteiger partial charge in [0.2, 0.25) is 0 Å². The summed E-state index contributed by atoms with van der Waals surface area (Å²) in [5.41, 5.74) is 7.56. The molecule has 1 atom stereocenters. The number of anilines is 1. The molecular formula is C14H20N4O. The molecule has 0 bridgehead atoms. The second-order valence-corrected chi connectivity index (χ2v) is 5.00. The minimum Gasteiger partial charge on any atom is -0.399 e. The summed E-state index contributed by atoms with van der Waals surface area (Å²) in [5, 5.41) is 4.32. The van der Waals surface area contributed by atoms with E-state index in [-0.39, 0.29) is 6.10 Å². The van der Waals surface area contributed by atoms with Crippen molar-refractivity contribution in [3.63, 3.8) is 0 Å². The van der Waals surface area contributed by atoms with Crippen molar-refractivity contribution < 1.29 is 4.74 Å². The zero-order chi connectivity index (χ0) is 13.8. The Morgan fingerprint density at radius 1 is 1.37 bits per heavy atom. The number of nitrogens with two attached hydrogens (primary N) is 1. The molecule has 5 nitrogen and oxygen atoms in total. The van der Waals surface area contributed by atoms with Crippen molar-refractivity contribution in [1.82, 2.24) is 14.8 Å². The van der Waals surface area contributed by atoms with Crippen molar-refractivity contribution >= 4 is 5.69 Å². The van der Waals surface area contributed by atoms with Crippen LogP contribution in [0, 0.1) is 5.92 Å². The molecule has 0 aliphatic rings. The molecule has 0 aliphatic carbocycles. The molecule has 1 unspecified atom stereocenters. The zero-order valence-corrected chi connectivity index (χ0v) is 11.6. The van der Waals surface area contributed by atoms with Gasteiger partial charge in [-0.25, -0.2) is 4.98 Å². The van der Waals surface area contributed by atoms with Gasteiger partial charge in [-0.1, -0.05) is 26.0 Å². The van der Waals surface area contributed by atoms with Gasteiger partial charge in [-0.15, -0.1) is 0 Å². The summed E-state index contributed by atoms with van der Waals surface area (Å²) in [4.78, 5) is 4.27. The highest BCUT2D eigenvalue weighted by Gasteiger charge is 2.20. The van der Waals surface area contributed by atoms with Gasteiger partial charge in [0.15, 0.2) is 5.82 Å². The van der Waals surface area contributed by atoms with Crippen molar-refractivity contribution in [3.8, 4) is 0 Å². The van der Waals surface area contributed by atoms with E-state index in [1.807, 2.05) is 31.3 Å². The average Bonchev–Trinajstić information content (AvgIpc) is 2.76. The summed E-state index contributed by atoms with van der Waals surface area (Å²) in [5.74, 6) is 1.03. The van der Waals surface area contributed by atoms with Crippen molar-refractivity contribution in [2.24, 2.45) is 13.0 Å². The van der Waals surface area contributed by atoms with Crippen LogP contribution in [0.2, 0.25) is 0 Å². The molecule has 2 rings (SSSR count). The van der Waals surface area contributed by atoms with E-state index in [9.17, 15) is 0 Å². The molecule has 0 amide bonds. The number of nitrogens with zero attached hydrogens (tertiary/aromatic N) is 3. The summed E-state index contributed by atoms with van der Waals surface area (Å²) >= 11 is 0. The fourth-order valence-electron chi connectivity index (χ4n) is 1.92. The first-order valence-corrected chi connectivity index (χ1v) is 6.38. The van der Waals surface area contributed by atoms with E-state index in [2.05, 4.69) is 23.9 Å². The first-order chi connectivity index (χ1) is 9.06. The quantitative estimate of drug-likeness (QED) is 0.838. The Labute approximate surface area is 113 Å². The number of aromatic nitrogens is 3. The minimum absolute atomic E-state index is 0.109. The van der Waals surface area contributed by atoms with Gasteiger partial charge in [-0.05, 0) is 23.6 Å². The maximum absolute atomic E-state index is 5.95. The molecule has 0 saturated carbocycles. The van der Waals surface area contributed by atoms with Crippen LogP contribution in [0.15, 0.2) is 30.6 Å². The topological polar surface area (TPSA) is 66.0 Å². The average molecular weight is 260 g/mol. The third-order valence-corrected chi connectivity index (χ3v) is 2.86. The van der Waals surface area contributed by atoms with E-state index >= 15 is 0 Å². The molecular weight excluding hydrogens is 240 g/mol. The number of aryl methyl sites for hydroxylation is 1. The lowest BCUT2D eigenvalue weighted by Crippen LogP contribution is -2.13. The molecule has 0 aliphatic heterocycles. The largest absolute Gasteiger partial charge is 0.399 e. The van der Waals surface area contributed by atoms with Crippen LogP contribution in [0.4, 0.5) is 5.69 Å². The van der Waals surface area contributed by atoms with Crippen LogP contribution >= 0.6 is 0 Å². The maximum Gasteiger partial charge on any atom is 0.179 e. The first kappa shape index (κ1) is 13.5. The predicted molar refractivity (Wildman–Crippen MR) is 74.2 cm³/mol. The fraction of sp³-hybridized carbons (Fsp3) is 0.429. The smallest absolute Gasteiger partial charge is 0.179 e. The lowest BCUT2D eigenvalue weighted by molar-refractivity contribution is 0.00320. The lowest BCUT2D eigenvalue weighted by Gasteiger charge is -2.18. The Hall–Kier alpha value is -1.88. The molecule has 0 fully saturated rings. The summed E-state index contributed by atoms with van der Waals surface area (Å²) in [6, 6.07) is 7.71. The zero-order valence-electron chi connectivity index (χ0n) is 11.6. The normalized spacial score (nSPS) is 12.8. The number of hydrogen-bond acceptors (Lipinski definition) is 4. The Balaban J connectivity index is 2.06. The van der Waals surface area contributed by atoms with Gasteiger partial charge in [0.25, 0.3) is 0 Å². The van der Waals surface area contributed by atoms with Crippen LogP contribution in [-0.4, -0.2) is 14.8 Å². The molecule has 5 heteroatoms. The van der Waals surface area contributed by atoms with Crippen LogP contribution < -0.4 is 5.73 Å². The van der Waals surface area contributed by atoms with E-state index < -0.39 is 0 Å². The van der Waals surface area contributed by atoms with Crippen molar-refractivity contribution in [2.75, 3.05) is 5.73 Å². The molecule has 1 heterocycles. The third-order valence-electron chi connectivity index (χ3n) is 2.86. The van der Waals surface area contributed by atoms with Crippen molar-refractivity contribution in [2.45, 2.75) is 26.6 Å². The Bertz CT molecular complexity index is 536. The van der Waals surface area contributed by atoms with Gasteiger partial charge in [0.1, 0.15) is 12.4 Å². The van der Waals surface area contributed by atoms with Crippen molar-refractivity contribution in [3.05, 3.63) is 42.0 Å². The van der Waals surface area contributed by atoms with Gasteiger partial charge >= 0.3 is 0 Å². The lowest BCUT2D eigenvalue weighted by atomic mass is 10.1. The molecule has 2 N–H and O–H groups in total. The van der Waals surface area contributed by atoms with Crippen LogP contribution in [0.3, 0.4) is 0 Å². The molecule has 19 heavy (non-hydrogen) atoms. The Morgan fingerprint density at radius 2 is 2.16 bits per heavy atom. The number of ether oxygens (including phenoxy) is 1.